The number of amides is 2. The van der Waals surface area contributed by atoms with E-state index in [1.54, 1.807) is 42.5 Å². The number of carbonyl (C=O) groups excluding carboxylic acids is 2. The van der Waals surface area contributed by atoms with Gasteiger partial charge in [-0.2, -0.15) is 0 Å². The number of nitrogens with one attached hydrogen (secondary N) is 2. The summed E-state index contributed by atoms with van der Waals surface area (Å²) < 4.78 is 0.811. The molecule has 0 atom stereocenters. The molecule has 0 aliphatic heterocycles. The second-order valence-electron chi connectivity index (χ2n) is 4.62. The maximum absolute atomic E-state index is 12.4. The van der Waals surface area contributed by atoms with Crippen LogP contribution in [0.25, 0.3) is 6.08 Å². The van der Waals surface area contributed by atoms with Gasteiger partial charge < -0.3 is 10.6 Å². The van der Waals surface area contributed by atoms with Crippen molar-refractivity contribution in [2.24, 2.45) is 0 Å². The Kier molecular flexibility index (Phi) is 6.18. The average Bonchev–Trinajstić information content (AvgIpc) is 2.55. The van der Waals surface area contributed by atoms with E-state index in [0.29, 0.717) is 10.6 Å². The fraction of sp³-hybridized carbons (Fsp3) is 0.0588. The van der Waals surface area contributed by atoms with Crippen molar-refractivity contribution in [1.82, 2.24) is 10.6 Å². The Hall–Kier alpha value is -1.86. The summed E-state index contributed by atoms with van der Waals surface area (Å²) in [5.74, 6) is -0.710. The van der Waals surface area contributed by atoms with Crippen molar-refractivity contribution in [1.29, 1.82) is 0 Å². The largest absolute Gasteiger partial charge is 0.354 e. The van der Waals surface area contributed by atoms with Crippen LogP contribution in [0, 0.1) is 3.57 Å². The van der Waals surface area contributed by atoms with E-state index in [4.69, 9.17) is 11.6 Å². The number of carbonyl (C=O) groups is 2. The van der Waals surface area contributed by atoms with Crippen LogP contribution < -0.4 is 10.6 Å². The molecular formula is C17H14ClIN2O2. The lowest BCUT2D eigenvalue weighted by Crippen LogP contribution is -2.33. The zero-order chi connectivity index (χ0) is 16.8. The predicted octanol–water partition coefficient (Wildman–Crippen LogP) is 3.46. The smallest absolute Gasteiger partial charge is 0.267 e. The summed E-state index contributed by atoms with van der Waals surface area (Å²) >= 11 is 7.93. The Bertz CT molecular complexity index is 757. The molecule has 0 fully saturated rings. The van der Waals surface area contributed by atoms with Gasteiger partial charge >= 0.3 is 0 Å². The van der Waals surface area contributed by atoms with Crippen molar-refractivity contribution >= 4 is 52.1 Å². The highest BCUT2D eigenvalue weighted by molar-refractivity contribution is 14.1. The molecule has 0 spiro atoms. The van der Waals surface area contributed by atoms with Crippen LogP contribution >= 0.6 is 34.2 Å². The van der Waals surface area contributed by atoms with E-state index in [-0.39, 0.29) is 17.5 Å². The summed E-state index contributed by atoms with van der Waals surface area (Å²) in [5, 5.41) is 5.78. The van der Waals surface area contributed by atoms with Gasteiger partial charge in [0.15, 0.2) is 0 Å². The molecule has 0 aromatic heterocycles. The summed E-state index contributed by atoms with van der Waals surface area (Å²) in [6.45, 7) is 0. The van der Waals surface area contributed by atoms with Crippen molar-refractivity contribution < 1.29 is 9.59 Å². The molecular weight excluding hydrogens is 427 g/mol. The number of hydrogen-bond acceptors (Lipinski definition) is 2. The first-order valence-electron chi connectivity index (χ1n) is 6.76. The Labute approximate surface area is 153 Å². The molecule has 2 aromatic rings. The number of rotatable bonds is 4. The SMILES string of the molecule is CNC(=O)/C(=C\c1ccc(Cl)cc1)NC(=O)c1ccccc1I. The van der Waals surface area contributed by atoms with Crippen LogP contribution in [-0.4, -0.2) is 18.9 Å². The molecule has 4 nitrogen and oxygen atoms in total. The van der Waals surface area contributed by atoms with Crippen LogP contribution in [0.15, 0.2) is 54.2 Å². The summed E-state index contributed by atoms with van der Waals surface area (Å²) in [4.78, 5) is 24.4. The molecule has 0 radical (unpaired) electrons. The van der Waals surface area contributed by atoms with Crippen LogP contribution in [0.3, 0.4) is 0 Å². The number of halogens is 2. The minimum atomic E-state index is -0.376. The molecule has 0 unspecified atom stereocenters. The maximum atomic E-state index is 12.4. The third-order valence-electron chi connectivity index (χ3n) is 3.02. The van der Waals surface area contributed by atoms with Crippen molar-refractivity contribution in [3.8, 4) is 0 Å². The van der Waals surface area contributed by atoms with Crippen molar-refractivity contribution in [2.75, 3.05) is 7.05 Å². The highest BCUT2D eigenvalue weighted by Crippen LogP contribution is 2.14. The van der Waals surface area contributed by atoms with E-state index in [0.717, 1.165) is 9.13 Å². The standard InChI is InChI=1S/C17H14ClIN2O2/c1-20-17(23)15(10-11-6-8-12(18)9-7-11)21-16(22)13-4-2-3-5-14(13)19/h2-10H,1H3,(H,20,23)(H,21,22)/b15-10+. The van der Waals surface area contributed by atoms with E-state index in [1.807, 2.05) is 12.1 Å². The molecule has 6 heteroatoms. The van der Waals surface area contributed by atoms with Crippen LogP contribution in [0.4, 0.5) is 0 Å². The van der Waals surface area contributed by atoms with E-state index >= 15 is 0 Å². The molecule has 23 heavy (non-hydrogen) atoms. The monoisotopic (exact) mass is 440 g/mol. The van der Waals surface area contributed by atoms with Crippen LogP contribution in [-0.2, 0) is 4.79 Å². The normalized spacial score (nSPS) is 11.0. The van der Waals surface area contributed by atoms with Crippen LogP contribution in [0.5, 0.6) is 0 Å². The van der Waals surface area contributed by atoms with Gasteiger partial charge in [0, 0.05) is 15.6 Å². The number of likely N-dealkylation sites (N-methyl/N-ethyl adjacent to an activating group) is 1. The van der Waals surface area contributed by atoms with Gasteiger partial charge in [-0.05, 0) is 58.5 Å². The minimum absolute atomic E-state index is 0.166. The molecule has 0 bridgehead atoms. The van der Waals surface area contributed by atoms with Crippen LogP contribution in [0.2, 0.25) is 5.02 Å². The van der Waals surface area contributed by atoms with Crippen molar-refractivity contribution in [2.45, 2.75) is 0 Å². The lowest BCUT2D eigenvalue weighted by atomic mass is 10.1. The fourth-order valence-corrected chi connectivity index (χ4v) is 2.61. The van der Waals surface area contributed by atoms with Crippen molar-refractivity contribution in [3.05, 3.63) is 73.9 Å². The average molecular weight is 441 g/mol. The van der Waals surface area contributed by atoms with Gasteiger partial charge in [-0.3, -0.25) is 9.59 Å². The van der Waals surface area contributed by atoms with Gasteiger partial charge in [-0.1, -0.05) is 35.9 Å². The molecule has 0 heterocycles. The molecule has 0 saturated carbocycles. The lowest BCUT2D eigenvalue weighted by molar-refractivity contribution is -0.117. The second kappa shape index (κ2) is 8.12. The molecule has 2 amide bonds. The van der Waals surface area contributed by atoms with E-state index in [1.165, 1.54) is 7.05 Å². The van der Waals surface area contributed by atoms with Gasteiger partial charge in [0.05, 0.1) is 5.56 Å². The Morgan fingerprint density at radius 1 is 1.09 bits per heavy atom. The Morgan fingerprint density at radius 2 is 1.74 bits per heavy atom. The zero-order valence-electron chi connectivity index (χ0n) is 12.3. The lowest BCUT2D eigenvalue weighted by Gasteiger charge is -2.10. The molecule has 0 aliphatic carbocycles. The first kappa shape index (κ1) is 17.5. The quantitative estimate of drug-likeness (QED) is 0.565. The van der Waals surface area contributed by atoms with Gasteiger partial charge in [-0.25, -0.2) is 0 Å². The number of hydrogen-bond donors (Lipinski definition) is 2. The van der Waals surface area contributed by atoms with E-state index in [9.17, 15) is 9.59 Å². The molecule has 0 aliphatic rings. The third-order valence-corrected chi connectivity index (χ3v) is 4.21. The summed E-state index contributed by atoms with van der Waals surface area (Å²) in [5.41, 5.74) is 1.44. The molecule has 0 saturated heterocycles. The summed E-state index contributed by atoms with van der Waals surface area (Å²) in [6.07, 6.45) is 1.60. The molecule has 2 N–H and O–H groups in total. The summed E-state index contributed by atoms with van der Waals surface area (Å²) in [7, 11) is 1.51. The first-order valence-corrected chi connectivity index (χ1v) is 8.22. The highest BCUT2D eigenvalue weighted by atomic mass is 127. The summed E-state index contributed by atoms with van der Waals surface area (Å²) in [6, 6.07) is 14.1. The van der Waals surface area contributed by atoms with Gasteiger partial charge in [-0.15, -0.1) is 0 Å². The van der Waals surface area contributed by atoms with E-state index < -0.39 is 0 Å². The highest BCUT2D eigenvalue weighted by Gasteiger charge is 2.15. The molecule has 2 rings (SSSR count). The topological polar surface area (TPSA) is 58.2 Å². The van der Waals surface area contributed by atoms with Gasteiger partial charge in [0.25, 0.3) is 11.8 Å². The van der Waals surface area contributed by atoms with Gasteiger partial charge in [0.1, 0.15) is 5.70 Å². The first-order chi connectivity index (χ1) is 11.0. The zero-order valence-corrected chi connectivity index (χ0v) is 15.2. The second-order valence-corrected chi connectivity index (χ2v) is 6.22. The Morgan fingerprint density at radius 3 is 2.35 bits per heavy atom. The minimum Gasteiger partial charge on any atom is -0.354 e. The third kappa shape index (κ3) is 4.80. The molecule has 118 valence electrons. The maximum Gasteiger partial charge on any atom is 0.267 e. The number of benzene rings is 2. The van der Waals surface area contributed by atoms with Crippen LogP contribution in [0.1, 0.15) is 15.9 Å². The van der Waals surface area contributed by atoms with Crippen molar-refractivity contribution in [3.63, 3.8) is 0 Å². The predicted molar refractivity (Wildman–Crippen MR) is 100 cm³/mol. The van der Waals surface area contributed by atoms with E-state index in [2.05, 4.69) is 33.2 Å². The fourth-order valence-electron chi connectivity index (χ4n) is 1.85. The molecule has 2 aromatic carbocycles. The Balaban J connectivity index is 2.29. The van der Waals surface area contributed by atoms with Gasteiger partial charge in [0.2, 0.25) is 0 Å².